The van der Waals surface area contributed by atoms with E-state index in [0.717, 1.165) is 6.07 Å². The molecule has 1 aromatic heterocycles. The van der Waals surface area contributed by atoms with Crippen LogP contribution in [0.5, 0.6) is 46.0 Å². The van der Waals surface area contributed by atoms with Crippen molar-refractivity contribution in [3.63, 3.8) is 0 Å². The van der Waals surface area contributed by atoms with Crippen LogP contribution in [0.15, 0.2) is 45.6 Å². The van der Waals surface area contributed by atoms with Gasteiger partial charge in [0.05, 0.1) is 17.1 Å². The minimum atomic E-state index is -1.17. The average molecular weight is 482 g/mol. The van der Waals surface area contributed by atoms with Crippen LogP contribution in [0.25, 0.3) is 22.1 Å². The van der Waals surface area contributed by atoms with E-state index < -0.39 is 46.6 Å². The normalized spacial score (nSPS) is 17.2. The zero-order valence-electron chi connectivity index (χ0n) is 17.6. The van der Waals surface area contributed by atoms with E-state index in [9.17, 15) is 45.6 Å². The number of aromatic hydroxyl groups is 7. The second-order valence-corrected chi connectivity index (χ2v) is 8.11. The number of hydrogen-bond donors (Lipinski definition) is 8. The summed E-state index contributed by atoms with van der Waals surface area (Å²) in [5, 5.41) is 81.0. The van der Waals surface area contributed by atoms with Gasteiger partial charge in [-0.1, -0.05) is 6.07 Å². The zero-order valence-corrected chi connectivity index (χ0v) is 17.6. The average Bonchev–Trinajstić information content (AvgIpc) is 2.81. The van der Waals surface area contributed by atoms with E-state index in [4.69, 9.17) is 9.15 Å². The molecular formula is C24H18O11. The van der Waals surface area contributed by atoms with Crippen LogP contribution in [-0.2, 0) is 6.42 Å². The zero-order chi connectivity index (χ0) is 25.2. The molecule has 0 aliphatic carbocycles. The molecule has 180 valence electrons. The highest BCUT2D eigenvalue weighted by Crippen LogP contribution is 2.51. The number of ether oxygens (including phenoxy) is 1. The molecule has 8 N–H and O–H groups in total. The van der Waals surface area contributed by atoms with Crippen LogP contribution >= 0.6 is 0 Å². The van der Waals surface area contributed by atoms with Crippen molar-refractivity contribution in [3.8, 4) is 57.1 Å². The van der Waals surface area contributed by atoms with E-state index in [1.54, 1.807) is 0 Å². The van der Waals surface area contributed by atoms with Gasteiger partial charge in [-0.3, -0.25) is 0 Å². The van der Waals surface area contributed by atoms with Crippen molar-refractivity contribution in [2.75, 3.05) is 0 Å². The number of phenolic OH excluding ortho intramolecular Hbond substituents is 6. The lowest BCUT2D eigenvalue weighted by molar-refractivity contribution is 0.0199. The molecule has 4 aromatic rings. The van der Waals surface area contributed by atoms with Gasteiger partial charge in [0, 0.05) is 18.1 Å². The molecule has 0 bridgehead atoms. The van der Waals surface area contributed by atoms with Crippen LogP contribution in [0.2, 0.25) is 0 Å². The summed E-state index contributed by atoms with van der Waals surface area (Å²) in [6.07, 6.45) is -2.18. The first-order chi connectivity index (χ1) is 16.6. The van der Waals surface area contributed by atoms with Crippen LogP contribution in [0, 0.1) is 0 Å². The van der Waals surface area contributed by atoms with Gasteiger partial charge in [0.1, 0.15) is 17.6 Å². The standard InChI is InChI=1S/C24H18O11/c25-12-2-1-8(3-14(12)27)22-15(28)6-10-13(26)4-9(5-17(10)34-22)18-20(31)21(32)19(30)11-7-16(29)24(33)35-23(11)18/h1-5,7,15,22,25-32H,6H2/t15-,22+/m0/s1. The number of aliphatic hydroxyl groups excluding tert-OH is 1. The van der Waals surface area contributed by atoms with Crippen molar-refractivity contribution in [2.45, 2.75) is 18.6 Å². The van der Waals surface area contributed by atoms with Crippen molar-refractivity contribution < 1.29 is 50.0 Å². The number of benzene rings is 3. The smallest absolute Gasteiger partial charge is 0.378 e. The van der Waals surface area contributed by atoms with E-state index in [1.807, 2.05) is 0 Å². The number of aliphatic hydroxyl groups is 1. The largest absolute Gasteiger partial charge is 0.508 e. The Balaban J connectivity index is 1.70. The minimum absolute atomic E-state index is 0.0107. The van der Waals surface area contributed by atoms with Gasteiger partial charge in [-0.15, -0.1) is 0 Å². The molecule has 11 heteroatoms. The maximum absolute atomic E-state index is 11.9. The molecule has 2 heterocycles. The summed E-state index contributed by atoms with van der Waals surface area (Å²) < 4.78 is 10.9. The Morgan fingerprint density at radius 3 is 2.23 bits per heavy atom. The molecule has 0 saturated heterocycles. The third-order valence-electron chi connectivity index (χ3n) is 5.92. The molecule has 3 aromatic carbocycles. The van der Waals surface area contributed by atoms with Gasteiger partial charge in [-0.2, -0.15) is 0 Å². The minimum Gasteiger partial charge on any atom is -0.508 e. The maximum Gasteiger partial charge on any atom is 0.378 e. The second-order valence-electron chi connectivity index (χ2n) is 8.11. The van der Waals surface area contributed by atoms with Gasteiger partial charge in [0.15, 0.2) is 28.6 Å². The summed E-state index contributed by atoms with van der Waals surface area (Å²) in [5.41, 5.74) is -1.25. The van der Waals surface area contributed by atoms with E-state index in [-0.39, 0.29) is 51.3 Å². The Morgan fingerprint density at radius 2 is 1.51 bits per heavy atom. The van der Waals surface area contributed by atoms with E-state index in [2.05, 4.69) is 0 Å². The lowest BCUT2D eigenvalue weighted by Gasteiger charge is -2.31. The Bertz CT molecular complexity index is 1570. The fourth-order valence-electron chi connectivity index (χ4n) is 4.18. The predicted molar refractivity (Wildman–Crippen MR) is 119 cm³/mol. The first kappa shape index (κ1) is 22.0. The van der Waals surface area contributed by atoms with Gasteiger partial charge < -0.3 is 50.0 Å². The molecule has 0 amide bonds. The highest BCUT2D eigenvalue weighted by molar-refractivity contribution is 6.02. The predicted octanol–water partition coefficient (Wildman–Crippen LogP) is 2.44. The Morgan fingerprint density at radius 1 is 0.771 bits per heavy atom. The Labute approximate surface area is 195 Å². The first-order valence-electron chi connectivity index (χ1n) is 10.2. The molecule has 1 aliphatic rings. The third-order valence-corrected chi connectivity index (χ3v) is 5.92. The van der Waals surface area contributed by atoms with Crippen molar-refractivity contribution in [1.29, 1.82) is 0 Å². The summed E-state index contributed by atoms with van der Waals surface area (Å²) in [7, 11) is 0. The molecule has 0 radical (unpaired) electrons. The fraction of sp³-hybridized carbons (Fsp3) is 0.125. The van der Waals surface area contributed by atoms with Gasteiger partial charge in [-0.05, 0) is 35.4 Å². The number of phenols is 6. The quantitative estimate of drug-likeness (QED) is 0.154. The summed E-state index contributed by atoms with van der Waals surface area (Å²) in [6, 6.07) is 7.28. The fourth-order valence-corrected chi connectivity index (χ4v) is 4.18. The molecule has 1 aliphatic heterocycles. The molecule has 2 atom stereocenters. The van der Waals surface area contributed by atoms with Crippen LogP contribution in [0.4, 0.5) is 0 Å². The molecule has 5 rings (SSSR count). The van der Waals surface area contributed by atoms with Crippen LogP contribution in [0.1, 0.15) is 17.2 Å². The number of rotatable bonds is 2. The lowest BCUT2D eigenvalue weighted by Crippen LogP contribution is -2.30. The molecule has 35 heavy (non-hydrogen) atoms. The van der Waals surface area contributed by atoms with Crippen molar-refractivity contribution >= 4 is 11.0 Å². The van der Waals surface area contributed by atoms with Gasteiger partial charge in [-0.25, -0.2) is 4.79 Å². The van der Waals surface area contributed by atoms with Crippen molar-refractivity contribution in [1.82, 2.24) is 0 Å². The van der Waals surface area contributed by atoms with Gasteiger partial charge in [0.25, 0.3) is 0 Å². The van der Waals surface area contributed by atoms with E-state index in [0.29, 0.717) is 5.56 Å². The Hall–Kier alpha value is -4.77. The van der Waals surface area contributed by atoms with Gasteiger partial charge in [0.2, 0.25) is 11.5 Å². The molecule has 0 unspecified atom stereocenters. The monoisotopic (exact) mass is 482 g/mol. The molecule has 0 saturated carbocycles. The molecule has 11 nitrogen and oxygen atoms in total. The molecule has 0 fully saturated rings. The molecule has 0 spiro atoms. The topological polar surface area (TPSA) is 201 Å². The van der Waals surface area contributed by atoms with Crippen LogP contribution in [-0.4, -0.2) is 47.0 Å². The molecular weight excluding hydrogens is 464 g/mol. The summed E-state index contributed by atoms with van der Waals surface area (Å²) in [4.78, 5) is 11.9. The van der Waals surface area contributed by atoms with Gasteiger partial charge >= 0.3 is 5.63 Å². The number of hydrogen-bond acceptors (Lipinski definition) is 11. The highest BCUT2D eigenvalue weighted by atomic mass is 16.5. The van der Waals surface area contributed by atoms with Crippen LogP contribution < -0.4 is 10.4 Å². The maximum atomic E-state index is 11.9. The second kappa shape index (κ2) is 7.64. The number of fused-ring (bicyclic) bond motifs is 2. The third kappa shape index (κ3) is 3.37. The van der Waals surface area contributed by atoms with E-state index >= 15 is 0 Å². The van der Waals surface area contributed by atoms with Crippen molar-refractivity contribution in [3.05, 3.63) is 57.9 Å². The van der Waals surface area contributed by atoms with Crippen LogP contribution in [0.3, 0.4) is 0 Å². The summed E-state index contributed by atoms with van der Waals surface area (Å²) >= 11 is 0. The summed E-state index contributed by atoms with van der Waals surface area (Å²) in [6.45, 7) is 0. The first-order valence-corrected chi connectivity index (χ1v) is 10.2. The summed E-state index contributed by atoms with van der Waals surface area (Å²) in [5.74, 6) is -4.54. The lowest BCUT2D eigenvalue weighted by atomic mass is 9.91. The Kier molecular flexibility index (Phi) is 4.81. The van der Waals surface area contributed by atoms with Crippen molar-refractivity contribution in [2.24, 2.45) is 0 Å². The SMILES string of the molecule is O=c1oc2c(-c3cc(O)c4c(c3)O[C@H](c3ccc(O)c(O)c3)[C@@H](O)C4)c(O)c(O)c(O)c2cc1O. The highest BCUT2D eigenvalue weighted by Gasteiger charge is 2.33. The van der Waals surface area contributed by atoms with E-state index in [1.165, 1.54) is 30.3 Å².